The van der Waals surface area contributed by atoms with Crippen molar-refractivity contribution in [2.75, 3.05) is 6.54 Å². The van der Waals surface area contributed by atoms with Crippen LogP contribution in [0.1, 0.15) is 52.7 Å². The van der Waals surface area contributed by atoms with Crippen LogP contribution in [0.5, 0.6) is 0 Å². The first-order valence-electron chi connectivity index (χ1n) is 9.84. The molecule has 0 radical (unpaired) electrons. The molecule has 0 bridgehead atoms. The number of benzene rings is 2. The maximum Gasteiger partial charge on any atom is 0.413 e. The third-order valence-electron chi connectivity index (χ3n) is 4.27. The van der Waals surface area contributed by atoms with Crippen LogP contribution >= 0.6 is 22.6 Å². The molecular weight excluding hydrogens is 475 g/mol. The summed E-state index contributed by atoms with van der Waals surface area (Å²) in [4.78, 5) is 16.2. The average molecular weight is 506 g/mol. The third kappa shape index (κ3) is 8.17. The topological polar surface area (TPSA) is 50.7 Å². The molecule has 2 aromatic carbocycles. The van der Waals surface area contributed by atoms with Crippen LogP contribution in [0.4, 0.5) is 4.79 Å². The summed E-state index contributed by atoms with van der Waals surface area (Å²) >= 11 is 2.01. The van der Waals surface area contributed by atoms with E-state index >= 15 is 0 Å². The average Bonchev–Trinajstić information content (AvgIpc) is 2.59. The summed E-state index contributed by atoms with van der Waals surface area (Å²) in [5.74, 6) is 0. The quantitative estimate of drug-likeness (QED) is 0.223. The van der Waals surface area contributed by atoms with E-state index in [0.717, 1.165) is 6.42 Å². The van der Waals surface area contributed by atoms with Crippen LogP contribution in [0.15, 0.2) is 53.5 Å². The zero-order valence-electron chi connectivity index (χ0n) is 18.2. The second-order valence-electron chi connectivity index (χ2n) is 9.08. The Bertz CT molecular complexity index is 860. The van der Waals surface area contributed by atoms with Crippen LogP contribution < -0.4 is 5.32 Å². The largest absolute Gasteiger partial charge is 0.444 e. The molecule has 0 atom stereocenters. The molecule has 0 aliphatic rings. The lowest BCUT2D eigenvalue weighted by Crippen LogP contribution is -2.34. The number of hydrogen-bond donors (Lipinski definition) is 1. The highest BCUT2D eigenvalue weighted by molar-refractivity contribution is 14.1. The molecule has 0 aliphatic carbocycles. The monoisotopic (exact) mass is 506 g/mol. The maximum absolute atomic E-state index is 11.8. The van der Waals surface area contributed by atoms with Crippen molar-refractivity contribution in [3.8, 4) is 11.1 Å². The summed E-state index contributed by atoms with van der Waals surface area (Å²) < 4.78 is 5.76. The van der Waals surface area contributed by atoms with E-state index in [4.69, 9.17) is 4.74 Å². The predicted octanol–water partition coefficient (Wildman–Crippen LogP) is 6.51. The van der Waals surface area contributed by atoms with Crippen LogP contribution in [0.2, 0.25) is 0 Å². The van der Waals surface area contributed by atoms with Crippen molar-refractivity contribution in [3.63, 3.8) is 0 Å². The molecule has 0 spiro atoms. The molecule has 2 aromatic rings. The van der Waals surface area contributed by atoms with Crippen molar-refractivity contribution in [2.45, 2.75) is 59.0 Å². The second-order valence-corrected chi connectivity index (χ2v) is 10.1. The van der Waals surface area contributed by atoms with Gasteiger partial charge >= 0.3 is 6.09 Å². The molecular formula is C24H31IN2O2. The Hall–Kier alpha value is -1.89. The number of nitrogens with one attached hydrogen (secondary N) is 1. The molecule has 0 saturated carbocycles. The van der Waals surface area contributed by atoms with E-state index in [2.05, 4.69) is 79.6 Å². The number of rotatable bonds is 4. The van der Waals surface area contributed by atoms with Gasteiger partial charge in [0.25, 0.3) is 0 Å². The van der Waals surface area contributed by atoms with E-state index in [1.165, 1.54) is 22.3 Å². The summed E-state index contributed by atoms with van der Waals surface area (Å²) in [6.07, 6.45) is 0.322. The Morgan fingerprint density at radius 1 is 1.00 bits per heavy atom. The lowest BCUT2D eigenvalue weighted by atomic mass is 9.86. The first-order chi connectivity index (χ1) is 13.4. The molecule has 156 valence electrons. The van der Waals surface area contributed by atoms with Crippen LogP contribution in [-0.2, 0) is 16.6 Å². The molecule has 4 nitrogen and oxygen atoms in total. The zero-order chi connectivity index (χ0) is 21.7. The van der Waals surface area contributed by atoms with Gasteiger partial charge in [-0.05, 0) is 77.5 Å². The normalized spacial score (nSPS) is 12.6. The smallest absolute Gasteiger partial charge is 0.413 e. The Balaban J connectivity index is 1.97. The van der Waals surface area contributed by atoms with Crippen molar-refractivity contribution in [1.82, 2.24) is 5.32 Å². The number of amides is 1. The number of carbonyl (C=O) groups is 1. The molecule has 0 aliphatic heterocycles. The molecule has 1 N–H and O–H groups in total. The third-order valence-corrected chi connectivity index (χ3v) is 4.88. The van der Waals surface area contributed by atoms with Gasteiger partial charge in [-0.1, -0.05) is 69.3 Å². The Morgan fingerprint density at radius 3 is 2.24 bits per heavy atom. The molecule has 0 heterocycles. The predicted molar refractivity (Wildman–Crippen MR) is 130 cm³/mol. The van der Waals surface area contributed by atoms with Crippen molar-refractivity contribution < 1.29 is 9.53 Å². The molecule has 0 unspecified atom stereocenters. The van der Waals surface area contributed by atoms with E-state index < -0.39 is 11.7 Å². The lowest BCUT2D eigenvalue weighted by molar-refractivity contribution is 0.0565. The van der Waals surface area contributed by atoms with Gasteiger partial charge in [0.2, 0.25) is 0 Å². The number of halogens is 1. The standard InChI is InChI=1S/C24H31IN2O2/c1-23(2,3)20-12-10-18(11-13-20)19-9-7-8-17(16-19)14-15-26-21(25)27-22(28)29-24(4,5)6/h7-13,16H,14-15H2,1-6H3,(H,26,27,28). The van der Waals surface area contributed by atoms with Gasteiger partial charge in [0.15, 0.2) is 3.84 Å². The fourth-order valence-electron chi connectivity index (χ4n) is 2.78. The minimum absolute atomic E-state index is 0.156. The van der Waals surface area contributed by atoms with E-state index in [1.807, 2.05) is 43.4 Å². The number of carbonyl (C=O) groups excluding carboxylic acids is 1. The van der Waals surface area contributed by atoms with Crippen molar-refractivity contribution >= 4 is 32.5 Å². The summed E-state index contributed by atoms with van der Waals surface area (Å²) in [6, 6.07) is 17.3. The van der Waals surface area contributed by atoms with E-state index in [0.29, 0.717) is 10.4 Å². The van der Waals surface area contributed by atoms with Crippen LogP contribution in [-0.4, -0.2) is 22.1 Å². The minimum atomic E-state index is -0.521. The molecule has 0 fully saturated rings. The van der Waals surface area contributed by atoms with Gasteiger partial charge in [-0.15, -0.1) is 0 Å². The maximum atomic E-state index is 11.8. The van der Waals surface area contributed by atoms with E-state index in [1.54, 1.807) is 0 Å². The summed E-state index contributed by atoms with van der Waals surface area (Å²) in [7, 11) is 0. The number of hydrogen-bond acceptors (Lipinski definition) is 3. The number of nitrogens with zero attached hydrogens (tertiary/aromatic N) is 1. The minimum Gasteiger partial charge on any atom is -0.444 e. The van der Waals surface area contributed by atoms with Gasteiger partial charge < -0.3 is 4.74 Å². The van der Waals surface area contributed by atoms with Gasteiger partial charge in [0.05, 0.1) is 0 Å². The number of amidine groups is 1. The summed E-state index contributed by atoms with van der Waals surface area (Å²) in [5.41, 5.74) is 4.60. The lowest BCUT2D eigenvalue weighted by Gasteiger charge is -2.19. The molecule has 2 rings (SSSR count). The number of alkyl carbamates (subject to hydrolysis) is 1. The molecule has 0 aromatic heterocycles. The summed E-state index contributed by atoms with van der Waals surface area (Å²) in [5, 5.41) is 2.65. The highest BCUT2D eigenvalue weighted by atomic mass is 127. The van der Waals surface area contributed by atoms with Crippen LogP contribution in [0.25, 0.3) is 11.1 Å². The molecule has 0 saturated heterocycles. The van der Waals surface area contributed by atoms with Crippen LogP contribution in [0.3, 0.4) is 0 Å². The Kier molecular flexibility index (Phi) is 7.86. The molecule has 5 heteroatoms. The van der Waals surface area contributed by atoms with Crippen molar-refractivity contribution in [2.24, 2.45) is 4.99 Å². The first kappa shape index (κ1) is 23.4. The fourth-order valence-corrected chi connectivity index (χ4v) is 3.24. The van der Waals surface area contributed by atoms with Gasteiger partial charge in [-0.3, -0.25) is 10.3 Å². The van der Waals surface area contributed by atoms with Crippen molar-refractivity contribution in [3.05, 3.63) is 59.7 Å². The zero-order valence-corrected chi connectivity index (χ0v) is 20.3. The summed E-state index contributed by atoms with van der Waals surface area (Å²) in [6.45, 7) is 12.8. The molecule has 1 amide bonds. The van der Waals surface area contributed by atoms with Gasteiger partial charge in [-0.2, -0.15) is 0 Å². The first-order valence-corrected chi connectivity index (χ1v) is 10.9. The van der Waals surface area contributed by atoms with Gasteiger partial charge in [0.1, 0.15) is 5.60 Å². The van der Waals surface area contributed by atoms with Crippen LogP contribution in [0, 0.1) is 0 Å². The van der Waals surface area contributed by atoms with E-state index in [-0.39, 0.29) is 5.41 Å². The number of aliphatic imine (C=N–C) groups is 1. The highest BCUT2D eigenvalue weighted by Crippen LogP contribution is 2.26. The fraction of sp³-hybridized carbons (Fsp3) is 0.417. The van der Waals surface area contributed by atoms with E-state index in [9.17, 15) is 4.79 Å². The SMILES string of the molecule is CC(C)(C)OC(=O)NC(I)=NCCc1cccc(-c2ccc(C(C)(C)C)cc2)c1. The Morgan fingerprint density at radius 2 is 1.66 bits per heavy atom. The van der Waals surface area contributed by atoms with Crippen molar-refractivity contribution in [1.29, 1.82) is 0 Å². The van der Waals surface area contributed by atoms with Gasteiger partial charge in [0, 0.05) is 6.54 Å². The second kappa shape index (κ2) is 9.74. The molecule has 29 heavy (non-hydrogen) atoms. The Labute approximate surface area is 188 Å². The number of ether oxygens (including phenoxy) is 1. The highest BCUT2D eigenvalue weighted by Gasteiger charge is 2.16. The van der Waals surface area contributed by atoms with Gasteiger partial charge in [-0.25, -0.2) is 4.79 Å².